The van der Waals surface area contributed by atoms with Gasteiger partial charge in [-0.05, 0) is 31.2 Å². The number of hydrogen-bond donors (Lipinski definition) is 1. The minimum atomic E-state index is -3.75. The Morgan fingerprint density at radius 1 is 1.10 bits per heavy atom. The molecule has 5 nitrogen and oxygen atoms in total. The Balaban J connectivity index is 2.42. The standard InChI is InChI=1S/C15H15NO4S/c1-11-8-9-14(13(10-11)15(17)20-2)16-21(18,19)12-6-4-3-5-7-12/h3-10,16H,1-2H3. The van der Waals surface area contributed by atoms with E-state index in [1.54, 1.807) is 36.4 Å². The number of hydrogen-bond acceptors (Lipinski definition) is 4. The molecule has 21 heavy (non-hydrogen) atoms. The van der Waals surface area contributed by atoms with E-state index in [1.165, 1.54) is 19.2 Å². The van der Waals surface area contributed by atoms with E-state index < -0.39 is 16.0 Å². The summed E-state index contributed by atoms with van der Waals surface area (Å²) in [6.45, 7) is 1.81. The van der Waals surface area contributed by atoms with Crippen molar-refractivity contribution in [3.05, 3.63) is 59.7 Å². The van der Waals surface area contributed by atoms with Crippen molar-refractivity contribution in [2.45, 2.75) is 11.8 Å². The molecule has 0 atom stereocenters. The van der Waals surface area contributed by atoms with Gasteiger partial charge in [0, 0.05) is 0 Å². The van der Waals surface area contributed by atoms with Crippen molar-refractivity contribution in [2.24, 2.45) is 0 Å². The molecular formula is C15H15NO4S. The van der Waals surface area contributed by atoms with E-state index >= 15 is 0 Å². The molecule has 2 aromatic carbocycles. The highest BCUT2D eigenvalue weighted by molar-refractivity contribution is 7.92. The average Bonchev–Trinajstić information content (AvgIpc) is 2.49. The Bertz CT molecular complexity index is 754. The Kier molecular flexibility index (Phi) is 4.28. The van der Waals surface area contributed by atoms with E-state index in [-0.39, 0.29) is 16.1 Å². The van der Waals surface area contributed by atoms with Crippen molar-refractivity contribution in [1.29, 1.82) is 0 Å². The first-order valence-corrected chi connectivity index (χ1v) is 7.69. The lowest BCUT2D eigenvalue weighted by Crippen LogP contribution is -2.16. The SMILES string of the molecule is COC(=O)c1cc(C)ccc1NS(=O)(=O)c1ccccc1. The second kappa shape index (κ2) is 5.97. The number of esters is 1. The van der Waals surface area contributed by atoms with Crippen molar-refractivity contribution in [1.82, 2.24) is 0 Å². The Morgan fingerprint density at radius 2 is 1.76 bits per heavy atom. The lowest BCUT2D eigenvalue weighted by atomic mass is 10.1. The van der Waals surface area contributed by atoms with Crippen LogP contribution in [0.4, 0.5) is 5.69 Å². The van der Waals surface area contributed by atoms with Crippen LogP contribution in [0.5, 0.6) is 0 Å². The van der Waals surface area contributed by atoms with Gasteiger partial charge in [0.25, 0.3) is 10.0 Å². The van der Waals surface area contributed by atoms with Crippen molar-refractivity contribution >= 4 is 21.7 Å². The van der Waals surface area contributed by atoms with Gasteiger partial charge < -0.3 is 4.74 Å². The Morgan fingerprint density at radius 3 is 2.38 bits per heavy atom. The number of aryl methyl sites for hydroxylation is 1. The predicted octanol–water partition coefficient (Wildman–Crippen LogP) is 2.58. The smallest absolute Gasteiger partial charge is 0.340 e. The van der Waals surface area contributed by atoms with Crippen molar-refractivity contribution < 1.29 is 17.9 Å². The van der Waals surface area contributed by atoms with Crippen LogP contribution in [-0.4, -0.2) is 21.5 Å². The number of benzene rings is 2. The zero-order valence-electron chi connectivity index (χ0n) is 11.7. The second-order valence-corrected chi connectivity index (χ2v) is 6.14. The van der Waals surface area contributed by atoms with Crippen molar-refractivity contribution in [2.75, 3.05) is 11.8 Å². The highest BCUT2D eigenvalue weighted by Crippen LogP contribution is 2.22. The summed E-state index contributed by atoms with van der Waals surface area (Å²) in [6.07, 6.45) is 0. The number of carbonyl (C=O) groups excluding carboxylic acids is 1. The van der Waals surface area contributed by atoms with Gasteiger partial charge in [0.15, 0.2) is 0 Å². The number of ether oxygens (including phenoxy) is 1. The number of rotatable bonds is 4. The molecular weight excluding hydrogens is 290 g/mol. The fourth-order valence-corrected chi connectivity index (χ4v) is 2.93. The predicted molar refractivity (Wildman–Crippen MR) is 79.8 cm³/mol. The molecule has 0 saturated carbocycles. The van der Waals surface area contributed by atoms with Crippen LogP contribution in [0.2, 0.25) is 0 Å². The number of methoxy groups -OCH3 is 1. The molecule has 0 amide bonds. The second-order valence-electron chi connectivity index (χ2n) is 4.46. The van der Waals surface area contributed by atoms with Gasteiger partial charge in [0.1, 0.15) is 0 Å². The molecule has 0 bridgehead atoms. The van der Waals surface area contributed by atoms with Gasteiger partial charge in [0.2, 0.25) is 0 Å². The van der Waals surface area contributed by atoms with E-state index in [4.69, 9.17) is 0 Å². The molecule has 0 aliphatic carbocycles. The van der Waals surface area contributed by atoms with Gasteiger partial charge >= 0.3 is 5.97 Å². The molecule has 0 aromatic heterocycles. The highest BCUT2D eigenvalue weighted by Gasteiger charge is 2.19. The molecule has 2 aromatic rings. The van der Waals surface area contributed by atoms with Gasteiger partial charge in [-0.25, -0.2) is 13.2 Å². The van der Waals surface area contributed by atoms with Crippen molar-refractivity contribution in [3.63, 3.8) is 0 Å². The Labute approximate surface area is 123 Å². The normalized spacial score (nSPS) is 11.0. The first-order valence-electron chi connectivity index (χ1n) is 6.21. The average molecular weight is 305 g/mol. The van der Waals surface area contributed by atoms with Gasteiger partial charge in [-0.1, -0.05) is 29.8 Å². The largest absolute Gasteiger partial charge is 0.465 e. The van der Waals surface area contributed by atoms with Gasteiger partial charge in [-0.2, -0.15) is 0 Å². The molecule has 2 rings (SSSR count). The molecule has 0 spiro atoms. The Hall–Kier alpha value is -2.34. The molecule has 0 unspecified atom stereocenters. The van der Waals surface area contributed by atoms with E-state index in [0.717, 1.165) is 5.56 Å². The maximum atomic E-state index is 12.3. The molecule has 1 N–H and O–H groups in total. The number of sulfonamides is 1. The van der Waals surface area contributed by atoms with Gasteiger partial charge in [0.05, 0.1) is 23.3 Å². The van der Waals surface area contributed by atoms with E-state index in [2.05, 4.69) is 9.46 Å². The van der Waals surface area contributed by atoms with Gasteiger partial charge in [-0.15, -0.1) is 0 Å². The van der Waals surface area contributed by atoms with E-state index in [1.807, 2.05) is 6.92 Å². The molecule has 6 heteroatoms. The lowest BCUT2D eigenvalue weighted by molar-refractivity contribution is 0.0602. The number of anilines is 1. The summed E-state index contributed by atoms with van der Waals surface area (Å²) in [4.78, 5) is 11.9. The first kappa shape index (κ1) is 15.1. The maximum Gasteiger partial charge on any atom is 0.340 e. The summed E-state index contributed by atoms with van der Waals surface area (Å²) in [6, 6.07) is 12.8. The topological polar surface area (TPSA) is 72.5 Å². The minimum absolute atomic E-state index is 0.126. The van der Waals surface area contributed by atoms with Crippen LogP contribution < -0.4 is 4.72 Å². The summed E-state index contributed by atoms with van der Waals surface area (Å²) >= 11 is 0. The summed E-state index contributed by atoms with van der Waals surface area (Å²) in [5.74, 6) is -0.593. The van der Waals surface area contributed by atoms with Crippen LogP contribution in [0.25, 0.3) is 0 Å². The number of nitrogens with one attached hydrogen (secondary N) is 1. The van der Waals surface area contributed by atoms with Crippen molar-refractivity contribution in [3.8, 4) is 0 Å². The van der Waals surface area contributed by atoms with Crippen LogP contribution in [0, 0.1) is 6.92 Å². The fraction of sp³-hybridized carbons (Fsp3) is 0.133. The quantitative estimate of drug-likeness (QED) is 0.881. The summed E-state index contributed by atoms with van der Waals surface area (Å²) in [5, 5.41) is 0. The third-order valence-corrected chi connectivity index (χ3v) is 4.26. The van der Waals surface area contributed by atoms with Crippen LogP contribution in [-0.2, 0) is 14.8 Å². The zero-order valence-corrected chi connectivity index (χ0v) is 12.5. The van der Waals surface area contributed by atoms with E-state index in [0.29, 0.717) is 0 Å². The molecule has 0 saturated heterocycles. The fourth-order valence-electron chi connectivity index (χ4n) is 1.83. The highest BCUT2D eigenvalue weighted by atomic mass is 32.2. The van der Waals surface area contributed by atoms with Crippen LogP contribution in [0.1, 0.15) is 15.9 Å². The zero-order chi connectivity index (χ0) is 15.5. The van der Waals surface area contributed by atoms with Gasteiger partial charge in [-0.3, -0.25) is 4.72 Å². The van der Waals surface area contributed by atoms with Crippen LogP contribution in [0.3, 0.4) is 0 Å². The number of carbonyl (C=O) groups is 1. The summed E-state index contributed by atoms with van der Waals surface area (Å²) < 4.78 is 31.7. The molecule has 0 heterocycles. The lowest BCUT2D eigenvalue weighted by Gasteiger charge is -2.12. The monoisotopic (exact) mass is 305 g/mol. The molecule has 0 fully saturated rings. The van der Waals surface area contributed by atoms with E-state index in [9.17, 15) is 13.2 Å². The molecule has 110 valence electrons. The molecule has 0 aliphatic rings. The van der Waals surface area contributed by atoms with Crippen LogP contribution >= 0.6 is 0 Å². The maximum absolute atomic E-state index is 12.3. The minimum Gasteiger partial charge on any atom is -0.465 e. The molecule has 0 radical (unpaired) electrons. The third-order valence-electron chi connectivity index (χ3n) is 2.88. The summed E-state index contributed by atoms with van der Waals surface area (Å²) in [5.41, 5.74) is 1.20. The third kappa shape index (κ3) is 3.41. The van der Waals surface area contributed by atoms with Crippen LogP contribution in [0.15, 0.2) is 53.4 Å². The first-order chi connectivity index (χ1) is 9.94. The molecule has 0 aliphatic heterocycles. The summed E-state index contributed by atoms with van der Waals surface area (Å²) in [7, 11) is -2.50.